The van der Waals surface area contributed by atoms with Crippen LogP contribution >= 0.6 is 0 Å². The Bertz CT molecular complexity index is 833. The summed E-state index contributed by atoms with van der Waals surface area (Å²) >= 11 is 0. The average Bonchev–Trinajstić information content (AvgIpc) is 2.74. The molecule has 7 nitrogen and oxygen atoms in total. The number of benzene rings is 2. The molecule has 0 aromatic heterocycles. The van der Waals surface area contributed by atoms with Crippen molar-refractivity contribution in [3.05, 3.63) is 42.5 Å². The van der Waals surface area contributed by atoms with Gasteiger partial charge >= 0.3 is 6.03 Å². The summed E-state index contributed by atoms with van der Waals surface area (Å²) < 4.78 is 16.5. The number of urea groups is 1. The normalized spacial score (nSPS) is 14.0. The third-order valence-corrected chi connectivity index (χ3v) is 4.79. The van der Waals surface area contributed by atoms with Crippen LogP contribution in [0, 0.1) is 0 Å². The van der Waals surface area contributed by atoms with Crippen LogP contribution < -0.4 is 24.4 Å². The molecule has 0 atom stereocenters. The van der Waals surface area contributed by atoms with Crippen LogP contribution in [0.4, 0.5) is 16.2 Å². The fourth-order valence-electron chi connectivity index (χ4n) is 3.32. The van der Waals surface area contributed by atoms with Gasteiger partial charge in [0, 0.05) is 32.2 Å². The third-order valence-electron chi connectivity index (χ3n) is 4.79. The molecule has 2 aromatic carbocycles. The minimum absolute atomic E-state index is 0.114. The van der Waals surface area contributed by atoms with Gasteiger partial charge in [-0.1, -0.05) is 12.1 Å². The van der Waals surface area contributed by atoms with E-state index in [9.17, 15) is 4.79 Å². The molecule has 0 saturated carbocycles. The lowest BCUT2D eigenvalue weighted by molar-refractivity contribution is 0.207. The molecule has 2 amide bonds. The van der Waals surface area contributed by atoms with E-state index < -0.39 is 0 Å². The fraction of sp³-hybridized carbons (Fsp3) is 0.409. The van der Waals surface area contributed by atoms with E-state index in [1.165, 1.54) is 0 Å². The molecule has 7 heteroatoms. The Kier molecular flexibility index (Phi) is 6.69. The largest absolute Gasteiger partial charge is 0.497 e. The van der Waals surface area contributed by atoms with E-state index in [4.69, 9.17) is 14.2 Å². The predicted molar refractivity (Wildman–Crippen MR) is 115 cm³/mol. The SMILES string of the molecule is COc1ccc(NC(=O)N2CCN(c3ccccc3OC(C)C)CC2)c(OC)c1. The van der Waals surface area contributed by atoms with E-state index in [0.29, 0.717) is 30.3 Å². The highest BCUT2D eigenvalue weighted by Crippen LogP contribution is 2.31. The fourth-order valence-corrected chi connectivity index (χ4v) is 3.32. The highest BCUT2D eigenvalue weighted by molar-refractivity contribution is 5.91. The van der Waals surface area contributed by atoms with Crippen LogP contribution in [-0.2, 0) is 0 Å². The number of carbonyl (C=O) groups is 1. The van der Waals surface area contributed by atoms with Gasteiger partial charge in [-0.3, -0.25) is 0 Å². The second-order valence-electron chi connectivity index (χ2n) is 7.10. The van der Waals surface area contributed by atoms with Gasteiger partial charge in [-0.25, -0.2) is 4.79 Å². The zero-order chi connectivity index (χ0) is 20.8. The molecule has 1 aliphatic rings. The first-order valence-corrected chi connectivity index (χ1v) is 9.80. The van der Waals surface area contributed by atoms with Crippen LogP contribution in [0.5, 0.6) is 17.2 Å². The van der Waals surface area contributed by atoms with Crippen LogP contribution in [0.2, 0.25) is 0 Å². The second kappa shape index (κ2) is 9.41. The molecule has 1 fully saturated rings. The first kappa shape index (κ1) is 20.6. The molecule has 1 heterocycles. The standard InChI is InChI=1S/C22H29N3O4/c1-16(2)29-20-8-6-5-7-19(20)24-11-13-25(14-12-24)22(26)23-18-10-9-17(27-3)15-21(18)28-4/h5-10,15-16H,11-14H2,1-4H3,(H,23,26). The average molecular weight is 399 g/mol. The molecule has 2 aromatic rings. The Labute approximate surface area is 172 Å². The van der Waals surface area contributed by atoms with Crippen molar-refractivity contribution in [2.24, 2.45) is 0 Å². The minimum Gasteiger partial charge on any atom is -0.497 e. The molecule has 3 rings (SSSR count). The molecule has 156 valence electrons. The van der Waals surface area contributed by atoms with Crippen molar-refractivity contribution < 1.29 is 19.0 Å². The van der Waals surface area contributed by atoms with Gasteiger partial charge in [0.2, 0.25) is 0 Å². The van der Waals surface area contributed by atoms with Crippen molar-refractivity contribution >= 4 is 17.4 Å². The molecule has 1 N–H and O–H groups in total. The zero-order valence-corrected chi connectivity index (χ0v) is 17.5. The van der Waals surface area contributed by atoms with Gasteiger partial charge < -0.3 is 29.3 Å². The molecule has 0 spiro atoms. The smallest absolute Gasteiger partial charge is 0.322 e. The third kappa shape index (κ3) is 5.04. The number of nitrogens with zero attached hydrogens (tertiary/aromatic N) is 2. The summed E-state index contributed by atoms with van der Waals surface area (Å²) in [5.74, 6) is 2.12. The minimum atomic E-state index is -0.139. The van der Waals surface area contributed by atoms with E-state index in [1.54, 1.807) is 32.4 Å². The number of piperazine rings is 1. The van der Waals surface area contributed by atoms with Gasteiger partial charge in [-0.05, 0) is 38.1 Å². The lowest BCUT2D eigenvalue weighted by Gasteiger charge is -2.36. The van der Waals surface area contributed by atoms with Crippen molar-refractivity contribution in [1.29, 1.82) is 0 Å². The molecular formula is C22H29N3O4. The number of ether oxygens (including phenoxy) is 3. The quantitative estimate of drug-likeness (QED) is 0.800. The summed E-state index contributed by atoms with van der Waals surface area (Å²) in [5, 5.41) is 2.94. The number of hydrogen-bond donors (Lipinski definition) is 1. The number of amides is 2. The summed E-state index contributed by atoms with van der Waals surface area (Å²) in [6.07, 6.45) is 0.114. The highest BCUT2D eigenvalue weighted by atomic mass is 16.5. The van der Waals surface area contributed by atoms with Crippen LogP contribution in [0.1, 0.15) is 13.8 Å². The van der Waals surface area contributed by atoms with Gasteiger partial charge in [-0.15, -0.1) is 0 Å². The number of methoxy groups -OCH3 is 2. The Morgan fingerprint density at radius 1 is 0.966 bits per heavy atom. The summed E-state index contributed by atoms with van der Waals surface area (Å²) in [6, 6.07) is 13.2. The van der Waals surface area contributed by atoms with Gasteiger partial charge in [0.25, 0.3) is 0 Å². The number of carbonyl (C=O) groups excluding carboxylic acids is 1. The second-order valence-corrected chi connectivity index (χ2v) is 7.10. The molecule has 0 aliphatic carbocycles. The summed E-state index contributed by atoms with van der Waals surface area (Å²) in [6.45, 7) is 6.77. The topological polar surface area (TPSA) is 63.3 Å². The van der Waals surface area contributed by atoms with Crippen molar-refractivity contribution in [1.82, 2.24) is 4.90 Å². The molecule has 0 bridgehead atoms. The van der Waals surface area contributed by atoms with E-state index in [0.717, 1.165) is 24.5 Å². The molecule has 1 saturated heterocycles. The van der Waals surface area contributed by atoms with E-state index >= 15 is 0 Å². The van der Waals surface area contributed by atoms with Crippen LogP contribution in [0.3, 0.4) is 0 Å². The summed E-state index contributed by atoms with van der Waals surface area (Å²) in [5.41, 5.74) is 1.69. The Balaban J connectivity index is 1.62. The maximum absolute atomic E-state index is 12.7. The predicted octanol–water partition coefficient (Wildman–Crippen LogP) is 3.85. The van der Waals surface area contributed by atoms with Gasteiger partial charge in [-0.2, -0.15) is 0 Å². The Hall–Kier alpha value is -3.09. The molecular weight excluding hydrogens is 370 g/mol. The summed E-state index contributed by atoms with van der Waals surface area (Å²) in [7, 11) is 3.16. The lowest BCUT2D eigenvalue weighted by atomic mass is 10.2. The number of para-hydroxylation sites is 2. The maximum Gasteiger partial charge on any atom is 0.322 e. The highest BCUT2D eigenvalue weighted by Gasteiger charge is 2.24. The monoisotopic (exact) mass is 399 g/mol. The first-order valence-electron chi connectivity index (χ1n) is 9.80. The van der Waals surface area contributed by atoms with Crippen molar-refractivity contribution in [3.8, 4) is 17.2 Å². The van der Waals surface area contributed by atoms with Crippen LogP contribution in [0.25, 0.3) is 0 Å². The first-order chi connectivity index (χ1) is 14.0. The molecule has 1 aliphatic heterocycles. The van der Waals surface area contributed by atoms with Gasteiger partial charge in [0.1, 0.15) is 17.2 Å². The number of hydrogen-bond acceptors (Lipinski definition) is 5. The van der Waals surface area contributed by atoms with Crippen LogP contribution in [-0.4, -0.2) is 57.4 Å². The molecule has 0 radical (unpaired) electrons. The molecule has 0 unspecified atom stereocenters. The van der Waals surface area contributed by atoms with E-state index in [-0.39, 0.29) is 12.1 Å². The molecule has 29 heavy (non-hydrogen) atoms. The number of rotatable bonds is 6. The Morgan fingerprint density at radius 2 is 1.69 bits per heavy atom. The maximum atomic E-state index is 12.7. The van der Waals surface area contributed by atoms with Gasteiger partial charge in [0.15, 0.2) is 0 Å². The van der Waals surface area contributed by atoms with Gasteiger partial charge in [0.05, 0.1) is 31.7 Å². The van der Waals surface area contributed by atoms with Crippen molar-refractivity contribution in [3.63, 3.8) is 0 Å². The lowest BCUT2D eigenvalue weighted by Crippen LogP contribution is -2.50. The zero-order valence-electron chi connectivity index (χ0n) is 17.5. The van der Waals surface area contributed by atoms with Crippen molar-refractivity contribution in [2.45, 2.75) is 20.0 Å². The number of nitrogens with one attached hydrogen (secondary N) is 1. The Morgan fingerprint density at radius 3 is 2.34 bits per heavy atom. The summed E-state index contributed by atoms with van der Waals surface area (Å²) in [4.78, 5) is 16.8. The van der Waals surface area contributed by atoms with E-state index in [1.807, 2.05) is 36.9 Å². The van der Waals surface area contributed by atoms with Crippen molar-refractivity contribution in [2.75, 3.05) is 50.6 Å². The van der Waals surface area contributed by atoms with Crippen LogP contribution in [0.15, 0.2) is 42.5 Å². The van der Waals surface area contributed by atoms with E-state index in [2.05, 4.69) is 16.3 Å². The number of anilines is 2.